The first-order valence-electron chi connectivity index (χ1n) is 6.82. The van der Waals surface area contributed by atoms with E-state index in [1.54, 1.807) is 6.20 Å². The average molecular weight is 271 g/mol. The number of benzene rings is 1. The van der Waals surface area contributed by atoms with Gasteiger partial charge in [0.05, 0.1) is 5.52 Å². The second-order valence-corrected chi connectivity index (χ2v) is 5.06. The van der Waals surface area contributed by atoms with E-state index in [4.69, 9.17) is 5.11 Å². The number of rotatable bonds is 2. The van der Waals surface area contributed by atoms with Crippen molar-refractivity contribution in [3.63, 3.8) is 0 Å². The summed E-state index contributed by atoms with van der Waals surface area (Å²) in [6.07, 6.45) is 2.65. The first-order chi connectivity index (χ1) is 9.74. The van der Waals surface area contributed by atoms with E-state index in [2.05, 4.69) is 16.4 Å². The minimum Gasteiger partial charge on any atom is -0.465 e. The Morgan fingerprint density at radius 2 is 2.00 bits per heavy atom. The van der Waals surface area contributed by atoms with E-state index in [1.165, 1.54) is 4.90 Å². The number of pyridine rings is 1. The van der Waals surface area contributed by atoms with Crippen LogP contribution in [-0.2, 0) is 0 Å². The quantitative estimate of drug-likeness (QED) is 0.881. The van der Waals surface area contributed by atoms with Gasteiger partial charge < -0.3 is 15.3 Å². The highest BCUT2D eigenvalue weighted by Crippen LogP contribution is 2.24. The molecule has 2 aromatic rings. The lowest BCUT2D eigenvalue weighted by molar-refractivity contribution is 0.134. The van der Waals surface area contributed by atoms with Gasteiger partial charge in [0.2, 0.25) is 0 Å². The number of amides is 1. The summed E-state index contributed by atoms with van der Waals surface area (Å²) in [5, 5.41) is 13.6. The zero-order chi connectivity index (χ0) is 13.9. The molecule has 104 valence electrons. The van der Waals surface area contributed by atoms with Gasteiger partial charge in [0.1, 0.15) is 0 Å². The zero-order valence-corrected chi connectivity index (χ0v) is 11.1. The summed E-state index contributed by atoms with van der Waals surface area (Å²) in [5.41, 5.74) is 2.05. The van der Waals surface area contributed by atoms with Gasteiger partial charge in [-0.05, 0) is 25.0 Å². The van der Waals surface area contributed by atoms with Crippen LogP contribution in [0, 0.1) is 0 Å². The molecule has 2 heterocycles. The number of nitrogens with zero attached hydrogens (tertiary/aromatic N) is 2. The zero-order valence-electron chi connectivity index (χ0n) is 11.1. The van der Waals surface area contributed by atoms with E-state index >= 15 is 0 Å². The summed E-state index contributed by atoms with van der Waals surface area (Å²) in [5.74, 6) is 0. The van der Waals surface area contributed by atoms with Crippen molar-refractivity contribution in [1.29, 1.82) is 0 Å². The summed E-state index contributed by atoms with van der Waals surface area (Å²) >= 11 is 0. The van der Waals surface area contributed by atoms with Gasteiger partial charge in [-0.15, -0.1) is 0 Å². The van der Waals surface area contributed by atoms with Gasteiger partial charge in [0.15, 0.2) is 0 Å². The monoisotopic (exact) mass is 271 g/mol. The number of carboxylic acid groups (broad SMARTS) is 1. The fraction of sp³-hybridized carbons (Fsp3) is 0.333. The van der Waals surface area contributed by atoms with Crippen molar-refractivity contribution in [3.8, 4) is 0 Å². The number of likely N-dealkylation sites (tertiary alicyclic amines) is 1. The van der Waals surface area contributed by atoms with Crippen LogP contribution in [0.5, 0.6) is 0 Å². The number of aromatic nitrogens is 1. The van der Waals surface area contributed by atoms with Crippen LogP contribution in [0.4, 0.5) is 10.5 Å². The maximum atomic E-state index is 10.9. The third-order valence-electron chi connectivity index (χ3n) is 3.77. The molecule has 3 rings (SSSR count). The minimum absolute atomic E-state index is 0.316. The second-order valence-electron chi connectivity index (χ2n) is 5.06. The standard InChI is InChI=1S/C15H17N3O2/c19-15(20)18-9-6-11(7-10-18)17-14-5-8-16-13-4-2-1-3-12(13)14/h1-5,8,11H,6-7,9-10H2,(H,16,17)(H,19,20). The maximum absolute atomic E-state index is 10.9. The van der Waals surface area contributed by atoms with Gasteiger partial charge in [0, 0.05) is 36.4 Å². The van der Waals surface area contributed by atoms with Crippen molar-refractivity contribution in [1.82, 2.24) is 9.88 Å². The molecular formula is C15H17N3O2. The van der Waals surface area contributed by atoms with Gasteiger partial charge in [-0.3, -0.25) is 4.98 Å². The lowest BCUT2D eigenvalue weighted by Gasteiger charge is -2.31. The van der Waals surface area contributed by atoms with Crippen LogP contribution in [0.1, 0.15) is 12.8 Å². The van der Waals surface area contributed by atoms with Crippen molar-refractivity contribution in [2.45, 2.75) is 18.9 Å². The molecule has 1 aliphatic rings. The Hall–Kier alpha value is -2.30. The van der Waals surface area contributed by atoms with Gasteiger partial charge in [-0.2, -0.15) is 0 Å². The number of fused-ring (bicyclic) bond motifs is 1. The van der Waals surface area contributed by atoms with Crippen molar-refractivity contribution in [2.75, 3.05) is 18.4 Å². The molecule has 0 spiro atoms. The van der Waals surface area contributed by atoms with Gasteiger partial charge in [-0.25, -0.2) is 4.79 Å². The lowest BCUT2D eigenvalue weighted by Crippen LogP contribution is -2.41. The SMILES string of the molecule is O=C(O)N1CCC(Nc2ccnc3ccccc23)CC1. The molecule has 1 fully saturated rings. The molecule has 0 bridgehead atoms. The molecule has 0 radical (unpaired) electrons. The first kappa shape index (κ1) is 12.7. The number of hydrogen-bond acceptors (Lipinski definition) is 3. The summed E-state index contributed by atoms with van der Waals surface area (Å²) in [7, 11) is 0. The Bertz CT molecular complexity index is 616. The van der Waals surface area contributed by atoms with Crippen LogP contribution in [-0.4, -0.2) is 40.2 Å². The van der Waals surface area contributed by atoms with Crippen molar-refractivity contribution in [2.24, 2.45) is 0 Å². The molecule has 1 aliphatic heterocycles. The number of carbonyl (C=O) groups is 1. The molecule has 1 amide bonds. The van der Waals surface area contributed by atoms with Gasteiger partial charge >= 0.3 is 6.09 Å². The molecular weight excluding hydrogens is 254 g/mol. The third-order valence-corrected chi connectivity index (χ3v) is 3.77. The number of hydrogen-bond donors (Lipinski definition) is 2. The number of anilines is 1. The molecule has 5 heteroatoms. The Morgan fingerprint density at radius 1 is 1.25 bits per heavy atom. The minimum atomic E-state index is -0.821. The molecule has 1 saturated heterocycles. The van der Waals surface area contributed by atoms with Crippen LogP contribution in [0.3, 0.4) is 0 Å². The highest BCUT2D eigenvalue weighted by Gasteiger charge is 2.22. The van der Waals surface area contributed by atoms with Crippen LogP contribution in [0.25, 0.3) is 10.9 Å². The van der Waals surface area contributed by atoms with E-state index in [0.717, 1.165) is 29.4 Å². The van der Waals surface area contributed by atoms with Crippen LogP contribution in [0.2, 0.25) is 0 Å². The average Bonchev–Trinajstić information content (AvgIpc) is 2.48. The molecule has 0 aliphatic carbocycles. The summed E-state index contributed by atoms with van der Waals surface area (Å²) in [6.45, 7) is 1.19. The Morgan fingerprint density at radius 3 is 2.75 bits per heavy atom. The van der Waals surface area contributed by atoms with Crippen molar-refractivity contribution in [3.05, 3.63) is 36.5 Å². The Labute approximate surface area is 117 Å². The molecule has 1 aromatic carbocycles. The van der Waals surface area contributed by atoms with Crippen LogP contribution >= 0.6 is 0 Å². The van der Waals surface area contributed by atoms with E-state index in [9.17, 15) is 4.79 Å². The highest BCUT2D eigenvalue weighted by atomic mass is 16.4. The predicted molar refractivity (Wildman–Crippen MR) is 78.0 cm³/mol. The van der Waals surface area contributed by atoms with E-state index in [0.29, 0.717) is 19.1 Å². The molecule has 5 nitrogen and oxygen atoms in total. The summed E-state index contributed by atoms with van der Waals surface area (Å²) in [6, 6.07) is 10.3. The molecule has 2 N–H and O–H groups in total. The molecule has 0 atom stereocenters. The molecule has 1 aromatic heterocycles. The molecule has 0 saturated carbocycles. The topological polar surface area (TPSA) is 65.5 Å². The van der Waals surface area contributed by atoms with Crippen molar-refractivity contribution >= 4 is 22.7 Å². The lowest BCUT2D eigenvalue weighted by atomic mass is 10.0. The summed E-state index contributed by atoms with van der Waals surface area (Å²) in [4.78, 5) is 16.7. The fourth-order valence-electron chi connectivity index (χ4n) is 2.66. The van der Waals surface area contributed by atoms with E-state index in [-0.39, 0.29) is 0 Å². The normalized spacial score (nSPS) is 16.3. The Balaban J connectivity index is 1.73. The number of nitrogens with one attached hydrogen (secondary N) is 1. The summed E-state index contributed by atoms with van der Waals surface area (Å²) < 4.78 is 0. The van der Waals surface area contributed by atoms with Gasteiger partial charge in [0.25, 0.3) is 0 Å². The smallest absolute Gasteiger partial charge is 0.407 e. The molecule has 0 unspecified atom stereocenters. The van der Waals surface area contributed by atoms with E-state index < -0.39 is 6.09 Å². The Kier molecular flexibility index (Phi) is 3.41. The fourth-order valence-corrected chi connectivity index (χ4v) is 2.66. The predicted octanol–water partition coefficient (Wildman–Crippen LogP) is 2.79. The highest BCUT2D eigenvalue weighted by molar-refractivity contribution is 5.90. The van der Waals surface area contributed by atoms with Crippen LogP contribution in [0.15, 0.2) is 36.5 Å². The maximum Gasteiger partial charge on any atom is 0.407 e. The van der Waals surface area contributed by atoms with E-state index in [1.807, 2.05) is 24.3 Å². The second kappa shape index (κ2) is 5.36. The number of para-hydroxylation sites is 1. The van der Waals surface area contributed by atoms with Crippen molar-refractivity contribution < 1.29 is 9.90 Å². The van der Waals surface area contributed by atoms with Crippen LogP contribution < -0.4 is 5.32 Å². The molecule has 20 heavy (non-hydrogen) atoms. The number of piperidine rings is 1. The largest absolute Gasteiger partial charge is 0.465 e. The first-order valence-corrected chi connectivity index (χ1v) is 6.82. The van der Waals surface area contributed by atoms with Gasteiger partial charge in [-0.1, -0.05) is 18.2 Å². The third kappa shape index (κ3) is 2.52.